The SMILES string of the molecule is CC.CCC1=CCC(c2nc3ccccc3n2-c2ccccc2)C=C1.Cc1c2ccccc2c(-c2cccc(-c3ccccc3)c2)c2ccccc12. The van der Waals surface area contributed by atoms with E-state index < -0.39 is 0 Å². The van der Waals surface area contributed by atoms with Crippen LogP contribution in [0, 0.1) is 6.92 Å². The highest BCUT2D eigenvalue weighted by Gasteiger charge is 2.20. The molecule has 0 fully saturated rings. The molecule has 2 heteroatoms. The van der Waals surface area contributed by atoms with Crippen LogP contribution in [0.5, 0.6) is 0 Å². The van der Waals surface area contributed by atoms with Gasteiger partial charge in [0.1, 0.15) is 5.82 Å². The van der Waals surface area contributed by atoms with Gasteiger partial charge in [-0.15, -0.1) is 0 Å². The third kappa shape index (κ3) is 6.85. The van der Waals surface area contributed by atoms with Crippen molar-refractivity contribution in [1.29, 1.82) is 0 Å². The van der Waals surface area contributed by atoms with Gasteiger partial charge in [-0.25, -0.2) is 4.98 Å². The van der Waals surface area contributed by atoms with E-state index in [1.165, 1.54) is 66.1 Å². The zero-order valence-electron chi connectivity index (χ0n) is 30.6. The molecule has 52 heavy (non-hydrogen) atoms. The summed E-state index contributed by atoms with van der Waals surface area (Å²) in [6.07, 6.45) is 9.02. The largest absolute Gasteiger partial charge is 0.296 e. The Morgan fingerprint density at radius 1 is 0.596 bits per heavy atom. The lowest BCUT2D eigenvalue weighted by atomic mass is 9.88. The summed E-state index contributed by atoms with van der Waals surface area (Å²) in [7, 11) is 0. The van der Waals surface area contributed by atoms with E-state index in [0.717, 1.165) is 24.2 Å². The Morgan fingerprint density at radius 2 is 1.15 bits per heavy atom. The van der Waals surface area contributed by atoms with E-state index in [1.807, 2.05) is 13.8 Å². The van der Waals surface area contributed by atoms with Crippen LogP contribution in [0.1, 0.15) is 50.9 Å². The van der Waals surface area contributed by atoms with Crippen LogP contribution in [0.15, 0.2) is 182 Å². The molecule has 2 nitrogen and oxygen atoms in total. The molecular weight excluding hydrogens is 629 g/mol. The van der Waals surface area contributed by atoms with Gasteiger partial charge in [0.2, 0.25) is 0 Å². The van der Waals surface area contributed by atoms with Gasteiger partial charge in [-0.1, -0.05) is 172 Å². The van der Waals surface area contributed by atoms with Gasteiger partial charge in [-0.3, -0.25) is 4.57 Å². The number of allylic oxidation sites excluding steroid dienone is 4. The standard InChI is InChI=1S/C27H20.C21H20N2.C2H6/c1-19-23-14-5-7-16-25(23)27(26-17-8-6-15-24(19)26)22-13-9-12-21(18-22)20-10-3-2-4-11-20;1-2-16-12-14-17(15-13-16)21-22-19-10-6-7-11-20(19)23(21)18-8-4-3-5-9-18;1-2/h2-18H,1H3;3-14,17H,2,15H2,1H3;1-2H3. The fraction of sp³-hybridized carbons (Fsp3) is 0.140. The Balaban J connectivity index is 0.000000156. The van der Waals surface area contributed by atoms with Crippen molar-refractivity contribution in [2.75, 3.05) is 0 Å². The molecule has 0 saturated heterocycles. The van der Waals surface area contributed by atoms with Crippen molar-refractivity contribution in [2.24, 2.45) is 0 Å². The Labute approximate surface area is 308 Å². The van der Waals surface area contributed by atoms with Crippen molar-refractivity contribution in [3.63, 3.8) is 0 Å². The molecule has 1 unspecified atom stereocenters. The monoisotopic (exact) mass is 674 g/mol. The minimum Gasteiger partial charge on any atom is -0.296 e. The number of imidazole rings is 1. The zero-order valence-corrected chi connectivity index (χ0v) is 30.6. The molecule has 1 heterocycles. The van der Waals surface area contributed by atoms with E-state index in [4.69, 9.17) is 4.98 Å². The van der Waals surface area contributed by atoms with Gasteiger partial charge in [0.05, 0.1) is 11.0 Å². The molecular formula is C50H46N2. The number of benzene rings is 7. The fourth-order valence-corrected chi connectivity index (χ4v) is 7.40. The summed E-state index contributed by atoms with van der Waals surface area (Å²) in [4.78, 5) is 4.95. The summed E-state index contributed by atoms with van der Waals surface area (Å²) in [5, 5.41) is 5.30. The molecule has 9 rings (SSSR count). The van der Waals surface area contributed by atoms with Crippen LogP contribution in [0.25, 0.3) is 60.5 Å². The molecule has 0 aliphatic heterocycles. The van der Waals surface area contributed by atoms with Crippen molar-refractivity contribution in [1.82, 2.24) is 9.55 Å². The van der Waals surface area contributed by atoms with E-state index in [0.29, 0.717) is 5.92 Å². The number of nitrogens with zero attached hydrogens (tertiary/aromatic N) is 2. The molecule has 256 valence electrons. The number of aryl methyl sites for hydroxylation is 1. The minimum absolute atomic E-state index is 0.331. The second kappa shape index (κ2) is 15.9. The highest BCUT2D eigenvalue weighted by Crippen LogP contribution is 2.40. The first-order valence-electron chi connectivity index (χ1n) is 18.7. The molecule has 1 aliphatic carbocycles. The lowest BCUT2D eigenvalue weighted by Crippen LogP contribution is -2.07. The Bertz CT molecular complexity index is 2440. The Kier molecular flexibility index (Phi) is 10.5. The van der Waals surface area contributed by atoms with Gasteiger partial charge in [0, 0.05) is 11.6 Å². The summed E-state index contributed by atoms with van der Waals surface area (Å²) in [6, 6.07) is 55.9. The molecule has 0 spiro atoms. The summed E-state index contributed by atoms with van der Waals surface area (Å²) in [5.41, 5.74) is 11.3. The van der Waals surface area contributed by atoms with Gasteiger partial charge in [-0.2, -0.15) is 0 Å². The Morgan fingerprint density at radius 3 is 1.79 bits per heavy atom. The van der Waals surface area contributed by atoms with Crippen LogP contribution in [-0.2, 0) is 0 Å². The molecule has 1 atom stereocenters. The highest BCUT2D eigenvalue weighted by molar-refractivity contribution is 6.15. The lowest BCUT2D eigenvalue weighted by Gasteiger charge is -2.17. The first-order chi connectivity index (χ1) is 25.7. The summed E-state index contributed by atoms with van der Waals surface area (Å²) < 4.78 is 2.30. The molecule has 0 amide bonds. The lowest BCUT2D eigenvalue weighted by molar-refractivity contribution is 0.750. The van der Waals surface area contributed by atoms with E-state index in [2.05, 4.69) is 194 Å². The quantitative estimate of drug-likeness (QED) is 0.166. The molecule has 0 radical (unpaired) electrons. The first-order valence-corrected chi connectivity index (χ1v) is 18.7. The molecule has 0 saturated carbocycles. The molecule has 0 N–H and O–H groups in total. The van der Waals surface area contributed by atoms with Crippen LogP contribution in [-0.4, -0.2) is 9.55 Å². The van der Waals surface area contributed by atoms with Crippen LogP contribution in [0.3, 0.4) is 0 Å². The van der Waals surface area contributed by atoms with Crippen molar-refractivity contribution in [2.45, 2.75) is 46.5 Å². The summed E-state index contributed by atoms with van der Waals surface area (Å²) >= 11 is 0. The number of hydrogen-bond acceptors (Lipinski definition) is 1. The van der Waals surface area contributed by atoms with Gasteiger partial charge in [0.25, 0.3) is 0 Å². The van der Waals surface area contributed by atoms with Crippen LogP contribution in [0.4, 0.5) is 0 Å². The molecule has 7 aromatic carbocycles. The van der Waals surface area contributed by atoms with E-state index >= 15 is 0 Å². The number of fused-ring (bicyclic) bond motifs is 3. The predicted molar refractivity (Wildman–Crippen MR) is 224 cm³/mol. The molecule has 0 bridgehead atoms. The second-order valence-corrected chi connectivity index (χ2v) is 13.0. The van der Waals surface area contributed by atoms with Crippen LogP contribution < -0.4 is 0 Å². The number of aromatic nitrogens is 2. The van der Waals surface area contributed by atoms with Crippen molar-refractivity contribution >= 4 is 32.6 Å². The second-order valence-electron chi connectivity index (χ2n) is 13.0. The predicted octanol–water partition coefficient (Wildman–Crippen LogP) is 14.1. The number of rotatable bonds is 5. The van der Waals surface area contributed by atoms with E-state index in [9.17, 15) is 0 Å². The summed E-state index contributed by atoms with van der Waals surface area (Å²) in [5.74, 6) is 1.46. The third-order valence-corrected chi connectivity index (χ3v) is 9.98. The van der Waals surface area contributed by atoms with Gasteiger partial charge in [0.15, 0.2) is 0 Å². The topological polar surface area (TPSA) is 17.8 Å². The van der Waals surface area contributed by atoms with E-state index in [1.54, 1.807) is 0 Å². The van der Waals surface area contributed by atoms with Gasteiger partial charge in [-0.05, 0) is 99.5 Å². The maximum atomic E-state index is 4.95. The van der Waals surface area contributed by atoms with Crippen molar-refractivity contribution in [3.8, 4) is 27.9 Å². The molecule has 8 aromatic rings. The smallest absolute Gasteiger partial charge is 0.121 e. The van der Waals surface area contributed by atoms with Crippen molar-refractivity contribution < 1.29 is 0 Å². The Hall–Kier alpha value is -5.99. The molecule has 1 aliphatic rings. The minimum atomic E-state index is 0.331. The average Bonchev–Trinajstić information content (AvgIpc) is 3.63. The number of para-hydroxylation sites is 3. The van der Waals surface area contributed by atoms with Crippen molar-refractivity contribution in [3.05, 3.63) is 193 Å². The zero-order chi connectivity index (χ0) is 35.9. The average molecular weight is 675 g/mol. The first kappa shape index (κ1) is 34.5. The molecule has 1 aromatic heterocycles. The van der Waals surface area contributed by atoms with Crippen LogP contribution >= 0.6 is 0 Å². The maximum absolute atomic E-state index is 4.95. The number of hydrogen-bond donors (Lipinski definition) is 0. The summed E-state index contributed by atoms with van der Waals surface area (Å²) in [6.45, 7) is 8.44. The van der Waals surface area contributed by atoms with Gasteiger partial charge < -0.3 is 0 Å². The van der Waals surface area contributed by atoms with Gasteiger partial charge >= 0.3 is 0 Å². The maximum Gasteiger partial charge on any atom is 0.121 e. The third-order valence-electron chi connectivity index (χ3n) is 9.98. The normalized spacial score (nSPS) is 13.6. The van der Waals surface area contributed by atoms with Crippen LogP contribution in [0.2, 0.25) is 0 Å². The fourth-order valence-electron chi connectivity index (χ4n) is 7.40. The highest BCUT2D eigenvalue weighted by atomic mass is 15.1. The van der Waals surface area contributed by atoms with E-state index in [-0.39, 0.29) is 0 Å².